The summed E-state index contributed by atoms with van der Waals surface area (Å²) >= 11 is 0. The van der Waals surface area contributed by atoms with Crippen LogP contribution in [0.25, 0.3) is 0 Å². The summed E-state index contributed by atoms with van der Waals surface area (Å²) in [4.78, 5) is 2.37. The average molecular weight is 336 g/mol. The van der Waals surface area contributed by atoms with Crippen LogP contribution < -0.4 is 10.2 Å². The second-order valence-electron chi connectivity index (χ2n) is 7.49. The normalized spacial score (nSPS) is 24.1. The lowest BCUT2D eigenvalue weighted by atomic mass is 9.82. The predicted molar refractivity (Wildman–Crippen MR) is 103 cm³/mol. The van der Waals surface area contributed by atoms with Crippen LogP contribution in [0.3, 0.4) is 0 Å². The summed E-state index contributed by atoms with van der Waals surface area (Å²) in [7, 11) is 0. The second-order valence-corrected chi connectivity index (χ2v) is 7.49. The van der Waals surface area contributed by atoms with Gasteiger partial charge in [0.2, 0.25) is 0 Å². The van der Waals surface area contributed by atoms with Gasteiger partial charge in [-0.1, -0.05) is 49.4 Å². The molecule has 2 aliphatic heterocycles. The van der Waals surface area contributed by atoms with Crippen molar-refractivity contribution in [3.05, 3.63) is 65.7 Å². The van der Waals surface area contributed by atoms with E-state index in [1.807, 2.05) is 0 Å². The van der Waals surface area contributed by atoms with Gasteiger partial charge in [0.25, 0.3) is 0 Å². The number of hydrogen-bond donors (Lipinski definition) is 1. The molecule has 2 aliphatic rings. The molecule has 3 heteroatoms. The van der Waals surface area contributed by atoms with Crippen molar-refractivity contribution < 1.29 is 4.74 Å². The number of nitrogens with one attached hydrogen (secondary N) is 1. The molecule has 2 unspecified atom stereocenters. The van der Waals surface area contributed by atoms with E-state index in [9.17, 15) is 0 Å². The van der Waals surface area contributed by atoms with Gasteiger partial charge in [-0.2, -0.15) is 0 Å². The summed E-state index contributed by atoms with van der Waals surface area (Å²) in [5.74, 6) is 1.41. The number of rotatable bonds is 5. The fraction of sp³-hybridized carbons (Fsp3) is 0.455. The zero-order valence-electron chi connectivity index (χ0n) is 15.0. The first-order valence-electron chi connectivity index (χ1n) is 9.51. The van der Waals surface area contributed by atoms with Crippen LogP contribution >= 0.6 is 0 Å². The lowest BCUT2D eigenvalue weighted by molar-refractivity contribution is 0.0224. The standard InChI is InChI=1S/C22H28N2O/c1-17-13-23-12-11-22(17)19-9-7-18(8-10-19)16-25-21-14-24(15-21)20-5-3-2-4-6-20/h2-10,17,21-23H,11-16H2,1H3. The highest BCUT2D eigenvalue weighted by Crippen LogP contribution is 2.30. The first kappa shape index (κ1) is 16.6. The van der Waals surface area contributed by atoms with Crippen molar-refractivity contribution in [2.75, 3.05) is 31.1 Å². The number of hydrogen-bond acceptors (Lipinski definition) is 3. The molecule has 132 valence electrons. The Balaban J connectivity index is 1.25. The van der Waals surface area contributed by atoms with E-state index in [-0.39, 0.29) is 0 Å². The number of benzene rings is 2. The van der Waals surface area contributed by atoms with Gasteiger partial charge in [-0.3, -0.25) is 0 Å². The molecule has 2 heterocycles. The average Bonchev–Trinajstić information content (AvgIpc) is 2.62. The Morgan fingerprint density at radius 2 is 1.80 bits per heavy atom. The van der Waals surface area contributed by atoms with Gasteiger partial charge in [0.1, 0.15) is 0 Å². The van der Waals surface area contributed by atoms with Gasteiger partial charge in [0, 0.05) is 18.8 Å². The molecule has 3 nitrogen and oxygen atoms in total. The first-order valence-corrected chi connectivity index (χ1v) is 9.51. The van der Waals surface area contributed by atoms with Crippen LogP contribution in [-0.4, -0.2) is 32.3 Å². The minimum absolute atomic E-state index is 0.351. The summed E-state index contributed by atoms with van der Waals surface area (Å²) < 4.78 is 6.07. The first-order chi connectivity index (χ1) is 12.3. The summed E-state index contributed by atoms with van der Waals surface area (Å²) in [5.41, 5.74) is 4.06. The monoisotopic (exact) mass is 336 g/mol. The van der Waals surface area contributed by atoms with Crippen LogP contribution in [-0.2, 0) is 11.3 Å². The Morgan fingerprint density at radius 3 is 2.52 bits per heavy atom. The number of piperidine rings is 1. The van der Waals surface area contributed by atoms with Crippen LogP contribution in [0.4, 0.5) is 5.69 Å². The highest BCUT2D eigenvalue weighted by molar-refractivity contribution is 5.48. The third kappa shape index (κ3) is 3.88. The fourth-order valence-corrected chi connectivity index (χ4v) is 3.98. The van der Waals surface area contributed by atoms with Gasteiger partial charge in [-0.15, -0.1) is 0 Å². The molecule has 25 heavy (non-hydrogen) atoms. The van der Waals surface area contributed by atoms with Crippen molar-refractivity contribution in [3.8, 4) is 0 Å². The molecule has 2 aromatic rings. The van der Waals surface area contributed by atoms with E-state index in [1.54, 1.807) is 0 Å². The van der Waals surface area contributed by atoms with Crippen LogP contribution in [0.5, 0.6) is 0 Å². The molecular weight excluding hydrogens is 308 g/mol. The lowest BCUT2D eigenvalue weighted by Crippen LogP contribution is -2.52. The van der Waals surface area contributed by atoms with Crippen molar-refractivity contribution in [3.63, 3.8) is 0 Å². The maximum Gasteiger partial charge on any atom is 0.0928 e. The van der Waals surface area contributed by atoms with E-state index < -0.39 is 0 Å². The predicted octanol–water partition coefficient (Wildman–Crippen LogP) is 3.81. The molecule has 2 saturated heterocycles. The Labute approximate surface area is 151 Å². The number of ether oxygens (including phenoxy) is 1. The molecule has 0 aliphatic carbocycles. The van der Waals surface area contributed by atoms with E-state index >= 15 is 0 Å². The molecule has 0 amide bonds. The SMILES string of the molecule is CC1CNCCC1c1ccc(COC2CN(c3ccccc3)C2)cc1. The van der Waals surface area contributed by atoms with Crippen LogP contribution in [0, 0.1) is 5.92 Å². The summed E-state index contributed by atoms with van der Waals surface area (Å²) in [6.45, 7) is 7.33. The molecular formula is C22H28N2O. The summed E-state index contributed by atoms with van der Waals surface area (Å²) in [6.07, 6.45) is 1.60. The minimum Gasteiger partial charge on any atom is -0.370 e. The van der Waals surface area contributed by atoms with Crippen molar-refractivity contribution >= 4 is 5.69 Å². The number of anilines is 1. The van der Waals surface area contributed by atoms with Crippen molar-refractivity contribution in [2.45, 2.75) is 32.0 Å². The van der Waals surface area contributed by atoms with Gasteiger partial charge < -0.3 is 15.0 Å². The smallest absolute Gasteiger partial charge is 0.0928 e. The topological polar surface area (TPSA) is 24.5 Å². The number of para-hydroxylation sites is 1. The van der Waals surface area contributed by atoms with E-state index in [0.717, 1.165) is 38.7 Å². The number of nitrogens with zero attached hydrogens (tertiary/aromatic N) is 1. The zero-order valence-corrected chi connectivity index (χ0v) is 15.0. The molecule has 2 fully saturated rings. The molecule has 1 N–H and O–H groups in total. The fourth-order valence-electron chi connectivity index (χ4n) is 3.98. The summed E-state index contributed by atoms with van der Waals surface area (Å²) in [5, 5.41) is 3.48. The van der Waals surface area contributed by atoms with E-state index in [0.29, 0.717) is 12.0 Å². The Bertz CT molecular complexity index is 664. The van der Waals surface area contributed by atoms with Gasteiger partial charge >= 0.3 is 0 Å². The van der Waals surface area contributed by atoms with Crippen LogP contribution in [0.2, 0.25) is 0 Å². The lowest BCUT2D eigenvalue weighted by Gasteiger charge is -2.40. The minimum atomic E-state index is 0.351. The van der Waals surface area contributed by atoms with Crippen LogP contribution in [0.1, 0.15) is 30.4 Å². The Morgan fingerprint density at radius 1 is 1.04 bits per heavy atom. The second kappa shape index (κ2) is 7.59. The van der Waals surface area contributed by atoms with Crippen molar-refractivity contribution in [2.24, 2.45) is 5.92 Å². The molecule has 0 aromatic heterocycles. The van der Waals surface area contributed by atoms with Gasteiger partial charge in [-0.25, -0.2) is 0 Å². The van der Waals surface area contributed by atoms with Crippen molar-refractivity contribution in [1.29, 1.82) is 0 Å². The van der Waals surface area contributed by atoms with Gasteiger partial charge in [0.05, 0.1) is 12.7 Å². The molecule has 4 rings (SSSR count). The zero-order chi connectivity index (χ0) is 17.1. The van der Waals surface area contributed by atoms with Gasteiger partial charge in [-0.05, 0) is 54.6 Å². The Hall–Kier alpha value is -1.84. The summed E-state index contributed by atoms with van der Waals surface area (Å²) in [6, 6.07) is 19.7. The largest absolute Gasteiger partial charge is 0.370 e. The van der Waals surface area contributed by atoms with Crippen molar-refractivity contribution in [1.82, 2.24) is 5.32 Å². The van der Waals surface area contributed by atoms with E-state index in [4.69, 9.17) is 4.74 Å². The maximum absolute atomic E-state index is 6.07. The van der Waals surface area contributed by atoms with Crippen LogP contribution in [0.15, 0.2) is 54.6 Å². The van der Waals surface area contributed by atoms with E-state index in [1.165, 1.54) is 23.2 Å². The Kier molecular flexibility index (Phi) is 5.04. The quantitative estimate of drug-likeness (QED) is 0.899. The molecule has 2 aromatic carbocycles. The third-order valence-corrected chi connectivity index (χ3v) is 5.65. The molecule has 2 atom stereocenters. The highest BCUT2D eigenvalue weighted by atomic mass is 16.5. The molecule has 0 bridgehead atoms. The molecule has 0 radical (unpaired) electrons. The molecule has 0 spiro atoms. The van der Waals surface area contributed by atoms with Gasteiger partial charge in [0.15, 0.2) is 0 Å². The molecule has 0 saturated carbocycles. The highest BCUT2D eigenvalue weighted by Gasteiger charge is 2.27. The van der Waals surface area contributed by atoms with E-state index in [2.05, 4.69) is 71.7 Å². The third-order valence-electron chi connectivity index (χ3n) is 5.65. The maximum atomic E-state index is 6.07.